The summed E-state index contributed by atoms with van der Waals surface area (Å²) in [5, 5.41) is 6.33. The molecule has 1 aliphatic carbocycles. The van der Waals surface area contributed by atoms with Crippen LogP contribution in [-0.2, 0) is 24.1 Å². The van der Waals surface area contributed by atoms with E-state index in [9.17, 15) is 4.79 Å². The Bertz CT molecular complexity index is 698. The summed E-state index contributed by atoms with van der Waals surface area (Å²) in [5.41, 5.74) is 4.86. The van der Waals surface area contributed by atoms with Crippen LogP contribution in [0.25, 0.3) is 0 Å². The van der Waals surface area contributed by atoms with Crippen LogP contribution < -0.4 is 10.6 Å². The summed E-state index contributed by atoms with van der Waals surface area (Å²) in [6.07, 6.45) is 4.27. The number of nitrogens with one attached hydrogen (secondary N) is 2. The van der Waals surface area contributed by atoms with Gasteiger partial charge in [-0.15, -0.1) is 11.3 Å². The van der Waals surface area contributed by atoms with Crippen LogP contribution in [0.2, 0.25) is 0 Å². The molecule has 4 heteroatoms. The standard InChI is InChI=1S/C17H18N2OS/c1-18-17(15-8-10-3-2-4-14(10)21-15)11-5-6-13-12(7-11)9-16(20)19-13/h5-8,17-18H,2-4,9H2,1H3,(H,19,20). The van der Waals surface area contributed by atoms with Crippen LogP contribution in [0.1, 0.15) is 38.9 Å². The van der Waals surface area contributed by atoms with Gasteiger partial charge in [-0.1, -0.05) is 12.1 Å². The van der Waals surface area contributed by atoms with Crippen molar-refractivity contribution >= 4 is 22.9 Å². The van der Waals surface area contributed by atoms with Crippen molar-refractivity contribution in [3.8, 4) is 0 Å². The first-order chi connectivity index (χ1) is 10.2. The number of aryl methyl sites for hydroxylation is 2. The van der Waals surface area contributed by atoms with Gasteiger partial charge in [-0.3, -0.25) is 4.79 Å². The number of anilines is 1. The van der Waals surface area contributed by atoms with E-state index < -0.39 is 0 Å². The van der Waals surface area contributed by atoms with E-state index in [1.165, 1.54) is 35.3 Å². The van der Waals surface area contributed by atoms with E-state index in [1.54, 1.807) is 4.88 Å². The van der Waals surface area contributed by atoms with Crippen LogP contribution in [0.5, 0.6) is 0 Å². The Morgan fingerprint density at radius 3 is 2.95 bits per heavy atom. The summed E-state index contributed by atoms with van der Waals surface area (Å²) in [7, 11) is 2.01. The topological polar surface area (TPSA) is 41.1 Å². The smallest absolute Gasteiger partial charge is 0.228 e. The maximum atomic E-state index is 11.5. The molecule has 108 valence electrons. The molecule has 1 aliphatic heterocycles. The molecule has 0 fully saturated rings. The van der Waals surface area contributed by atoms with Crippen molar-refractivity contribution in [1.82, 2.24) is 5.32 Å². The first-order valence-corrected chi connectivity index (χ1v) is 8.27. The second-order valence-corrected chi connectivity index (χ2v) is 6.98. The Kier molecular flexibility index (Phi) is 3.08. The maximum absolute atomic E-state index is 11.5. The van der Waals surface area contributed by atoms with Crippen LogP contribution in [0.3, 0.4) is 0 Å². The van der Waals surface area contributed by atoms with Gasteiger partial charge in [0.15, 0.2) is 0 Å². The highest BCUT2D eigenvalue weighted by atomic mass is 32.1. The lowest BCUT2D eigenvalue weighted by Crippen LogP contribution is -2.16. The summed E-state index contributed by atoms with van der Waals surface area (Å²) < 4.78 is 0. The summed E-state index contributed by atoms with van der Waals surface area (Å²) >= 11 is 1.94. The number of thiophene rings is 1. The minimum Gasteiger partial charge on any atom is -0.326 e. The second kappa shape index (κ2) is 4.97. The van der Waals surface area contributed by atoms with Crippen molar-refractivity contribution in [2.45, 2.75) is 31.7 Å². The Morgan fingerprint density at radius 1 is 1.24 bits per heavy atom. The zero-order valence-electron chi connectivity index (χ0n) is 12.0. The fourth-order valence-corrected chi connectivity index (χ4v) is 4.79. The SMILES string of the molecule is CNC(c1ccc2c(c1)CC(=O)N2)c1cc2c(s1)CCC2. The molecule has 2 aliphatic rings. The summed E-state index contributed by atoms with van der Waals surface area (Å²) in [5.74, 6) is 0.0956. The number of benzene rings is 1. The molecule has 1 aromatic carbocycles. The number of carbonyl (C=O) groups is 1. The molecule has 1 aromatic heterocycles. The van der Waals surface area contributed by atoms with Gasteiger partial charge in [-0.25, -0.2) is 0 Å². The Hall–Kier alpha value is -1.65. The maximum Gasteiger partial charge on any atom is 0.228 e. The molecule has 0 spiro atoms. The van der Waals surface area contributed by atoms with Gasteiger partial charge in [0, 0.05) is 15.4 Å². The van der Waals surface area contributed by atoms with Gasteiger partial charge in [0.2, 0.25) is 5.91 Å². The molecule has 2 aromatic rings. The van der Waals surface area contributed by atoms with Crippen molar-refractivity contribution in [1.29, 1.82) is 0 Å². The Labute approximate surface area is 128 Å². The Balaban J connectivity index is 1.69. The zero-order valence-corrected chi connectivity index (χ0v) is 12.8. The first kappa shape index (κ1) is 13.0. The lowest BCUT2D eigenvalue weighted by atomic mass is 10.0. The lowest BCUT2D eigenvalue weighted by Gasteiger charge is -2.16. The lowest BCUT2D eigenvalue weighted by molar-refractivity contribution is -0.115. The molecular weight excluding hydrogens is 280 g/mol. The summed E-state index contributed by atoms with van der Waals surface area (Å²) in [6, 6.07) is 8.91. The van der Waals surface area contributed by atoms with E-state index in [1.807, 2.05) is 24.5 Å². The summed E-state index contributed by atoms with van der Waals surface area (Å²) in [4.78, 5) is 14.4. The number of fused-ring (bicyclic) bond motifs is 2. The molecule has 0 bridgehead atoms. The van der Waals surface area contributed by atoms with E-state index in [-0.39, 0.29) is 11.9 Å². The first-order valence-electron chi connectivity index (χ1n) is 7.46. The third-order valence-corrected chi connectivity index (χ3v) is 5.73. The van der Waals surface area contributed by atoms with Crippen molar-refractivity contribution in [2.75, 3.05) is 12.4 Å². The summed E-state index contributed by atoms with van der Waals surface area (Å²) in [6.45, 7) is 0. The normalized spacial score (nSPS) is 17.5. The van der Waals surface area contributed by atoms with E-state index >= 15 is 0 Å². The minimum absolute atomic E-state index is 0.0956. The van der Waals surface area contributed by atoms with Gasteiger partial charge in [0.1, 0.15) is 0 Å². The number of amides is 1. The largest absolute Gasteiger partial charge is 0.326 e. The molecular formula is C17H18N2OS. The predicted molar refractivity (Wildman–Crippen MR) is 86.0 cm³/mol. The third-order valence-electron chi connectivity index (χ3n) is 4.43. The highest BCUT2D eigenvalue weighted by Gasteiger charge is 2.23. The Morgan fingerprint density at radius 2 is 2.14 bits per heavy atom. The van der Waals surface area contributed by atoms with Crippen molar-refractivity contribution < 1.29 is 4.79 Å². The highest BCUT2D eigenvalue weighted by Crippen LogP contribution is 2.37. The number of hydrogen-bond acceptors (Lipinski definition) is 3. The molecule has 0 radical (unpaired) electrons. The van der Waals surface area contributed by atoms with Crippen molar-refractivity contribution in [3.05, 3.63) is 50.7 Å². The van der Waals surface area contributed by atoms with Crippen LogP contribution >= 0.6 is 11.3 Å². The van der Waals surface area contributed by atoms with E-state index in [2.05, 4.69) is 28.8 Å². The molecule has 0 saturated heterocycles. The quantitative estimate of drug-likeness (QED) is 0.914. The van der Waals surface area contributed by atoms with E-state index in [4.69, 9.17) is 0 Å². The van der Waals surface area contributed by atoms with E-state index in [0.717, 1.165) is 11.3 Å². The van der Waals surface area contributed by atoms with Gasteiger partial charge in [0.05, 0.1) is 12.5 Å². The molecule has 2 heterocycles. The molecule has 0 saturated carbocycles. The van der Waals surface area contributed by atoms with E-state index in [0.29, 0.717) is 6.42 Å². The zero-order chi connectivity index (χ0) is 14.4. The fraction of sp³-hybridized carbons (Fsp3) is 0.353. The molecule has 1 atom stereocenters. The van der Waals surface area contributed by atoms with Crippen LogP contribution in [0.15, 0.2) is 24.3 Å². The number of rotatable bonds is 3. The van der Waals surface area contributed by atoms with Crippen molar-refractivity contribution in [2.24, 2.45) is 0 Å². The number of hydrogen-bond donors (Lipinski definition) is 2. The van der Waals surface area contributed by atoms with Gasteiger partial charge in [-0.05, 0) is 55.1 Å². The fourth-order valence-electron chi connectivity index (χ4n) is 3.40. The van der Waals surface area contributed by atoms with Gasteiger partial charge < -0.3 is 10.6 Å². The van der Waals surface area contributed by atoms with Gasteiger partial charge in [-0.2, -0.15) is 0 Å². The molecule has 4 rings (SSSR count). The number of carbonyl (C=O) groups excluding carboxylic acids is 1. The molecule has 1 amide bonds. The van der Waals surface area contributed by atoms with Crippen LogP contribution in [-0.4, -0.2) is 13.0 Å². The van der Waals surface area contributed by atoms with Gasteiger partial charge >= 0.3 is 0 Å². The molecule has 21 heavy (non-hydrogen) atoms. The molecule has 3 nitrogen and oxygen atoms in total. The average Bonchev–Trinajstić information content (AvgIpc) is 3.12. The highest BCUT2D eigenvalue weighted by molar-refractivity contribution is 7.12. The monoisotopic (exact) mass is 298 g/mol. The minimum atomic E-state index is 0.0956. The molecule has 2 N–H and O–H groups in total. The van der Waals surface area contributed by atoms with Crippen LogP contribution in [0.4, 0.5) is 5.69 Å². The molecule has 1 unspecified atom stereocenters. The van der Waals surface area contributed by atoms with Crippen LogP contribution in [0, 0.1) is 0 Å². The third kappa shape index (κ3) is 2.19. The van der Waals surface area contributed by atoms with Crippen molar-refractivity contribution in [3.63, 3.8) is 0 Å². The van der Waals surface area contributed by atoms with Gasteiger partial charge in [0.25, 0.3) is 0 Å². The second-order valence-electron chi connectivity index (χ2n) is 5.81. The predicted octanol–water partition coefficient (Wildman–Crippen LogP) is 3.04. The average molecular weight is 298 g/mol.